The van der Waals surface area contributed by atoms with Gasteiger partial charge in [-0.25, -0.2) is 0 Å². The Balaban J connectivity index is 1.98. The molecule has 0 aliphatic heterocycles. The van der Waals surface area contributed by atoms with E-state index >= 15 is 0 Å². The van der Waals surface area contributed by atoms with Crippen LogP contribution in [0.2, 0.25) is 0 Å². The lowest BCUT2D eigenvalue weighted by Gasteiger charge is -2.57. The smallest absolute Gasteiger partial charge is 0.193 e. The predicted molar refractivity (Wildman–Crippen MR) is 102 cm³/mol. The Morgan fingerprint density at radius 1 is 1.11 bits per heavy atom. The minimum absolute atomic E-state index is 0.0703. The summed E-state index contributed by atoms with van der Waals surface area (Å²) < 4.78 is 39.7. The minimum Gasteiger partial charge on any atom is -0.193 e. The van der Waals surface area contributed by atoms with Crippen molar-refractivity contribution in [3.05, 3.63) is 23.3 Å². The Morgan fingerprint density at radius 2 is 1.78 bits per heavy atom. The molecule has 3 fully saturated rings. The third kappa shape index (κ3) is 3.59. The van der Waals surface area contributed by atoms with Gasteiger partial charge >= 0.3 is 6.18 Å². The van der Waals surface area contributed by atoms with Crippen molar-refractivity contribution in [3.8, 4) is 6.07 Å². The van der Waals surface area contributed by atoms with Crippen LogP contribution in [0.15, 0.2) is 23.3 Å². The van der Waals surface area contributed by atoms with E-state index in [0.29, 0.717) is 41.7 Å². The quantitative estimate of drug-likeness (QED) is 0.367. The second-order valence-corrected chi connectivity index (χ2v) is 9.94. The lowest BCUT2D eigenvalue weighted by Crippen LogP contribution is -2.49. The number of alkyl halides is 3. The number of halogens is 3. The molecule has 27 heavy (non-hydrogen) atoms. The normalized spacial score (nSPS) is 42.3. The third-order valence-electron chi connectivity index (χ3n) is 7.99. The molecule has 0 N–H and O–H groups in total. The van der Waals surface area contributed by atoms with Crippen molar-refractivity contribution in [1.29, 1.82) is 5.26 Å². The van der Waals surface area contributed by atoms with Gasteiger partial charge in [-0.15, -0.1) is 0 Å². The van der Waals surface area contributed by atoms with Crippen molar-refractivity contribution in [1.82, 2.24) is 0 Å². The molecule has 2 unspecified atom stereocenters. The molecule has 0 aromatic carbocycles. The van der Waals surface area contributed by atoms with Crippen LogP contribution in [-0.4, -0.2) is 6.18 Å². The molecule has 0 bridgehead atoms. The summed E-state index contributed by atoms with van der Waals surface area (Å²) in [5, 5.41) is 9.15. The monoisotopic (exact) mass is 379 g/mol. The van der Waals surface area contributed by atoms with Crippen LogP contribution in [0.1, 0.15) is 72.6 Å². The van der Waals surface area contributed by atoms with E-state index in [9.17, 15) is 13.2 Å². The van der Waals surface area contributed by atoms with Gasteiger partial charge in [-0.05, 0) is 79.4 Å². The average molecular weight is 380 g/mol. The number of allylic oxidation sites excluding steroid dienone is 4. The van der Waals surface area contributed by atoms with Gasteiger partial charge in [-0.3, -0.25) is 0 Å². The SMILES string of the molecule is CC(C)C[C@@]1(C)/C(=C\C(F)(F)F)CC[C@@H]2C1CC[C@]1(C)/C(=C\C#N)CCC21. The van der Waals surface area contributed by atoms with E-state index in [4.69, 9.17) is 5.26 Å². The molecule has 0 heterocycles. The molecule has 0 radical (unpaired) electrons. The number of nitrogens with zero attached hydrogens (tertiary/aromatic N) is 1. The molecule has 0 saturated heterocycles. The maximum Gasteiger partial charge on any atom is 0.409 e. The standard InChI is InChI=1S/C23H32F3N/c1-15(2)13-22(4)17(14-23(24,25)26)5-7-18-19-8-6-16(10-12-27)21(19,3)11-9-20(18)22/h10,14-15,18-20H,5-9,11,13H2,1-4H3/b16-10-,17-14-/t18-,19?,20?,21+,22-/m0/s1. The zero-order valence-electron chi connectivity index (χ0n) is 17.0. The zero-order valence-corrected chi connectivity index (χ0v) is 17.0. The second-order valence-electron chi connectivity index (χ2n) is 9.94. The first-order chi connectivity index (χ1) is 12.5. The van der Waals surface area contributed by atoms with Crippen molar-refractivity contribution in [3.63, 3.8) is 0 Å². The molecule has 0 aromatic rings. The van der Waals surface area contributed by atoms with Crippen molar-refractivity contribution in [2.45, 2.75) is 78.8 Å². The molecule has 5 atom stereocenters. The summed E-state index contributed by atoms with van der Waals surface area (Å²) in [5.74, 6) is 1.68. The van der Waals surface area contributed by atoms with Gasteiger partial charge in [0.05, 0.1) is 6.07 Å². The van der Waals surface area contributed by atoms with E-state index in [2.05, 4.69) is 33.8 Å². The highest BCUT2D eigenvalue weighted by Gasteiger charge is 2.57. The first kappa shape index (κ1) is 20.5. The van der Waals surface area contributed by atoms with Crippen LogP contribution >= 0.6 is 0 Å². The number of hydrogen-bond donors (Lipinski definition) is 0. The fourth-order valence-corrected chi connectivity index (χ4v) is 7.05. The van der Waals surface area contributed by atoms with E-state index < -0.39 is 6.18 Å². The fraction of sp³-hybridized carbons (Fsp3) is 0.783. The molecular formula is C23H32F3N. The number of nitriles is 1. The lowest BCUT2D eigenvalue weighted by atomic mass is 9.47. The summed E-state index contributed by atoms with van der Waals surface area (Å²) in [4.78, 5) is 0. The highest BCUT2D eigenvalue weighted by atomic mass is 19.4. The van der Waals surface area contributed by atoms with Gasteiger partial charge < -0.3 is 0 Å². The highest BCUT2D eigenvalue weighted by Crippen LogP contribution is 2.66. The molecule has 0 spiro atoms. The summed E-state index contributed by atoms with van der Waals surface area (Å²) in [7, 11) is 0. The lowest BCUT2D eigenvalue weighted by molar-refractivity contribution is -0.0851. The maximum atomic E-state index is 13.2. The fourth-order valence-electron chi connectivity index (χ4n) is 7.05. The minimum atomic E-state index is -4.24. The average Bonchev–Trinajstić information content (AvgIpc) is 2.86. The van der Waals surface area contributed by atoms with Gasteiger partial charge in [0.1, 0.15) is 0 Å². The molecule has 0 amide bonds. The molecule has 150 valence electrons. The van der Waals surface area contributed by atoms with Crippen LogP contribution in [0.25, 0.3) is 0 Å². The molecule has 4 heteroatoms. The molecule has 3 rings (SSSR count). The van der Waals surface area contributed by atoms with Crippen molar-refractivity contribution in [2.75, 3.05) is 0 Å². The zero-order chi connectivity index (χ0) is 20.0. The van der Waals surface area contributed by atoms with Crippen LogP contribution in [0.5, 0.6) is 0 Å². The Labute approximate surface area is 161 Å². The van der Waals surface area contributed by atoms with Gasteiger partial charge in [-0.2, -0.15) is 18.4 Å². The molecule has 3 aliphatic carbocycles. The van der Waals surface area contributed by atoms with E-state index in [0.717, 1.165) is 38.5 Å². The van der Waals surface area contributed by atoms with Crippen molar-refractivity contribution >= 4 is 0 Å². The summed E-state index contributed by atoms with van der Waals surface area (Å²) in [6.45, 7) is 8.64. The van der Waals surface area contributed by atoms with Crippen molar-refractivity contribution < 1.29 is 13.2 Å². The van der Waals surface area contributed by atoms with Crippen LogP contribution < -0.4 is 0 Å². The first-order valence-electron chi connectivity index (χ1n) is 10.4. The number of hydrogen-bond acceptors (Lipinski definition) is 1. The molecule has 3 aliphatic rings. The van der Waals surface area contributed by atoms with Crippen LogP contribution in [-0.2, 0) is 0 Å². The molecule has 3 saturated carbocycles. The van der Waals surface area contributed by atoms with Crippen LogP contribution in [0, 0.1) is 45.8 Å². The van der Waals surface area contributed by atoms with Crippen molar-refractivity contribution in [2.24, 2.45) is 34.5 Å². The summed E-state index contributed by atoms with van der Waals surface area (Å²) >= 11 is 0. The largest absolute Gasteiger partial charge is 0.409 e. The van der Waals surface area contributed by atoms with Gasteiger partial charge in [0, 0.05) is 12.2 Å². The van der Waals surface area contributed by atoms with E-state index in [1.165, 1.54) is 5.57 Å². The Morgan fingerprint density at radius 3 is 2.37 bits per heavy atom. The Bertz CT molecular complexity index is 681. The Kier molecular flexibility index (Phi) is 5.30. The summed E-state index contributed by atoms with van der Waals surface area (Å²) in [5.41, 5.74) is 1.60. The molecule has 0 aromatic heterocycles. The van der Waals surface area contributed by atoms with Crippen LogP contribution in [0.3, 0.4) is 0 Å². The number of fused-ring (bicyclic) bond motifs is 3. The van der Waals surface area contributed by atoms with Gasteiger partial charge in [0.25, 0.3) is 0 Å². The predicted octanol–water partition coefficient (Wildman–Crippen LogP) is 7.21. The van der Waals surface area contributed by atoms with Gasteiger partial charge in [0.2, 0.25) is 0 Å². The number of rotatable bonds is 2. The van der Waals surface area contributed by atoms with Crippen LogP contribution in [0.4, 0.5) is 13.2 Å². The third-order valence-corrected chi connectivity index (χ3v) is 7.99. The van der Waals surface area contributed by atoms with E-state index in [1.807, 2.05) is 0 Å². The topological polar surface area (TPSA) is 23.8 Å². The van der Waals surface area contributed by atoms with Gasteiger partial charge in [-0.1, -0.05) is 38.8 Å². The van der Waals surface area contributed by atoms with E-state index in [1.54, 1.807) is 6.08 Å². The first-order valence-corrected chi connectivity index (χ1v) is 10.4. The van der Waals surface area contributed by atoms with Gasteiger partial charge in [0.15, 0.2) is 0 Å². The molecule has 1 nitrogen and oxygen atoms in total. The molecular weight excluding hydrogens is 347 g/mol. The summed E-state index contributed by atoms with van der Waals surface area (Å²) in [6, 6.07) is 2.22. The summed E-state index contributed by atoms with van der Waals surface area (Å²) in [6.07, 6.45) is 4.40. The Hall–Kier alpha value is -1.24. The maximum absolute atomic E-state index is 13.2. The highest BCUT2D eigenvalue weighted by molar-refractivity contribution is 5.30. The van der Waals surface area contributed by atoms with E-state index in [-0.39, 0.29) is 10.8 Å². The second kappa shape index (κ2) is 6.98.